The second kappa shape index (κ2) is 4.71. The van der Waals surface area contributed by atoms with Gasteiger partial charge in [-0.3, -0.25) is 4.99 Å². The number of hydrogen-bond donors (Lipinski definition) is 1. The van der Waals surface area contributed by atoms with Crippen LogP contribution in [0.5, 0.6) is 0 Å². The van der Waals surface area contributed by atoms with E-state index in [9.17, 15) is 0 Å². The van der Waals surface area contributed by atoms with Crippen LogP contribution in [0.2, 0.25) is 0 Å². The molecule has 1 N–H and O–H groups in total. The van der Waals surface area contributed by atoms with Gasteiger partial charge in [-0.15, -0.1) is 0 Å². The summed E-state index contributed by atoms with van der Waals surface area (Å²) in [5.74, 6) is 1.09. The van der Waals surface area contributed by atoms with Gasteiger partial charge in [-0.25, -0.2) is 0 Å². The van der Waals surface area contributed by atoms with Gasteiger partial charge in [0.05, 0.1) is 6.04 Å². The van der Waals surface area contributed by atoms with Crippen molar-refractivity contribution in [1.29, 1.82) is 0 Å². The van der Waals surface area contributed by atoms with Gasteiger partial charge in [0.25, 0.3) is 0 Å². The highest BCUT2D eigenvalue weighted by Crippen LogP contribution is 2.20. The Bertz CT molecular complexity index is 374. The Kier molecular flexibility index (Phi) is 3.31. The predicted octanol–water partition coefficient (Wildman–Crippen LogP) is 3.15. The van der Waals surface area contributed by atoms with Crippen LogP contribution in [-0.2, 0) is 6.42 Å². The Labute approximate surface area is 95.2 Å². The van der Waals surface area contributed by atoms with Crippen LogP contribution in [0.15, 0.2) is 29.3 Å². The van der Waals surface area contributed by atoms with Crippen molar-refractivity contribution in [2.75, 3.05) is 11.1 Å². The molecule has 0 fully saturated rings. The second-order valence-corrected chi connectivity index (χ2v) is 4.78. The minimum absolute atomic E-state index is 0.451. The molecule has 1 aliphatic heterocycles. The van der Waals surface area contributed by atoms with Gasteiger partial charge in [0.2, 0.25) is 0 Å². The number of benzene rings is 1. The fourth-order valence-electron chi connectivity index (χ4n) is 1.54. The molecular formula is C12H16N2S. The molecule has 1 heterocycles. The first-order valence-electron chi connectivity index (χ1n) is 5.34. The Morgan fingerprint density at radius 3 is 3.07 bits per heavy atom. The molecule has 1 aliphatic rings. The smallest absolute Gasteiger partial charge is 0.161 e. The number of aliphatic imine (C=N–C) groups is 1. The van der Waals surface area contributed by atoms with Gasteiger partial charge < -0.3 is 5.32 Å². The average molecular weight is 220 g/mol. The largest absolute Gasteiger partial charge is 0.335 e. The summed E-state index contributed by atoms with van der Waals surface area (Å²) in [5, 5.41) is 4.41. The summed E-state index contributed by atoms with van der Waals surface area (Å²) < 4.78 is 0. The molecule has 0 saturated carbocycles. The summed E-state index contributed by atoms with van der Waals surface area (Å²) in [7, 11) is 0. The Morgan fingerprint density at radius 1 is 1.53 bits per heavy atom. The van der Waals surface area contributed by atoms with Crippen molar-refractivity contribution in [3.05, 3.63) is 29.8 Å². The normalized spacial score (nSPS) is 20.1. The lowest BCUT2D eigenvalue weighted by Crippen LogP contribution is -2.05. The molecule has 1 atom stereocenters. The Morgan fingerprint density at radius 2 is 2.40 bits per heavy atom. The zero-order valence-corrected chi connectivity index (χ0v) is 9.97. The van der Waals surface area contributed by atoms with E-state index in [1.807, 2.05) is 0 Å². The standard InChI is InChI=1S/C12H16N2S/c1-3-10-5-4-6-11(7-10)14-12-13-9(2)8-15-12/h4-7,9H,3,8H2,1-2H3,(H,13,14). The van der Waals surface area contributed by atoms with Crippen molar-refractivity contribution in [2.24, 2.45) is 4.99 Å². The van der Waals surface area contributed by atoms with Crippen molar-refractivity contribution in [1.82, 2.24) is 0 Å². The summed E-state index contributed by atoms with van der Waals surface area (Å²) in [6.45, 7) is 4.31. The van der Waals surface area contributed by atoms with E-state index in [0.717, 1.165) is 23.0 Å². The van der Waals surface area contributed by atoms with E-state index in [0.29, 0.717) is 6.04 Å². The van der Waals surface area contributed by atoms with Gasteiger partial charge in [0.1, 0.15) is 0 Å². The molecule has 2 rings (SSSR count). The van der Waals surface area contributed by atoms with E-state index in [1.54, 1.807) is 11.8 Å². The van der Waals surface area contributed by atoms with E-state index in [-0.39, 0.29) is 0 Å². The van der Waals surface area contributed by atoms with Gasteiger partial charge in [-0.1, -0.05) is 30.8 Å². The number of thioether (sulfide) groups is 1. The highest BCUT2D eigenvalue weighted by Gasteiger charge is 2.13. The van der Waals surface area contributed by atoms with Crippen LogP contribution in [0.1, 0.15) is 19.4 Å². The number of rotatable bonds is 2. The van der Waals surface area contributed by atoms with Gasteiger partial charge in [0, 0.05) is 11.4 Å². The number of amidine groups is 1. The van der Waals surface area contributed by atoms with Crippen LogP contribution in [0, 0.1) is 0 Å². The summed E-state index contributed by atoms with van der Waals surface area (Å²) in [6.07, 6.45) is 1.07. The van der Waals surface area contributed by atoms with Gasteiger partial charge in [0.15, 0.2) is 5.17 Å². The van der Waals surface area contributed by atoms with E-state index in [2.05, 4.69) is 48.4 Å². The lowest BCUT2D eigenvalue weighted by Gasteiger charge is -2.06. The summed E-state index contributed by atoms with van der Waals surface area (Å²) in [5.41, 5.74) is 2.51. The first-order valence-corrected chi connectivity index (χ1v) is 6.33. The molecule has 0 spiro atoms. The van der Waals surface area contributed by atoms with Gasteiger partial charge in [-0.05, 0) is 31.0 Å². The summed E-state index contributed by atoms with van der Waals surface area (Å²) in [6, 6.07) is 8.96. The molecule has 0 aromatic heterocycles. The van der Waals surface area contributed by atoms with E-state index >= 15 is 0 Å². The van der Waals surface area contributed by atoms with Crippen LogP contribution < -0.4 is 5.32 Å². The monoisotopic (exact) mass is 220 g/mol. The molecule has 80 valence electrons. The highest BCUT2D eigenvalue weighted by molar-refractivity contribution is 8.14. The van der Waals surface area contributed by atoms with Crippen LogP contribution >= 0.6 is 11.8 Å². The summed E-state index contributed by atoms with van der Waals surface area (Å²) in [4.78, 5) is 4.51. The fraction of sp³-hybridized carbons (Fsp3) is 0.417. The molecule has 1 unspecified atom stereocenters. The quantitative estimate of drug-likeness (QED) is 0.828. The van der Waals surface area contributed by atoms with E-state index in [4.69, 9.17) is 0 Å². The van der Waals surface area contributed by atoms with Crippen LogP contribution in [0.3, 0.4) is 0 Å². The number of anilines is 1. The van der Waals surface area contributed by atoms with Gasteiger partial charge in [-0.2, -0.15) is 0 Å². The molecule has 1 aromatic rings. The number of nitrogens with zero attached hydrogens (tertiary/aromatic N) is 1. The van der Waals surface area contributed by atoms with Crippen LogP contribution in [-0.4, -0.2) is 17.0 Å². The third kappa shape index (κ3) is 2.75. The molecule has 2 nitrogen and oxygen atoms in total. The predicted molar refractivity (Wildman–Crippen MR) is 68.8 cm³/mol. The molecule has 0 saturated heterocycles. The maximum atomic E-state index is 4.51. The SMILES string of the molecule is CCc1cccc(NC2=NC(C)CS2)c1. The molecule has 3 heteroatoms. The zero-order chi connectivity index (χ0) is 10.7. The van der Waals surface area contributed by atoms with E-state index in [1.165, 1.54) is 5.56 Å². The lowest BCUT2D eigenvalue weighted by atomic mass is 10.1. The van der Waals surface area contributed by atoms with Crippen LogP contribution in [0.4, 0.5) is 5.69 Å². The molecule has 1 aromatic carbocycles. The van der Waals surface area contributed by atoms with E-state index < -0.39 is 0 Å². The molecule has 0 bridgehead atoms. The van der Waals surface area contributed by atoms with Crippen molar-refractivity contribution in [2.45, 2.75) is 26.3 Å². The number of aryl methyl sites for hydroxylation is 1. The first-order chi connectivity index (χ1) is 7.28. The van der Waals surface area contributed by atoms with Crippen molar-refractivity contribution in [3.8, 4) is 0 Å². The summed E-state index contributed by atoms with van der Waals surface area (Å²) >= 11 is 1.80. The van der Waals surface area contributed by atoms with Crippen molar-refractivity contribution in [3.63, 3.8) is 0 Å². The zero-order valence-electron chi connectivity index (χ0n) is 9.16. The van der Waals surface area contributed by atoms with Crippen molar-refractivity contribution < 1.29 is 0 Å². The second-order valence-electron chi connectivity index (χ2n) is 3.77. The molecule has 0 radical (unpaired) electrons. The van der Waals surface area contributed by atoms with Crippen LogP contribution in [0.25, 0.3) is 0 Å². The minimum Gasteiger partial charge on any atom is -0.335 e. The average Bonchev–Trinajstić information content (AvgIpc) is 2.64. The Balaban J connectivity index is 2.07. The molecule has 0 amide bonds. The molecular weight excluding hydrogens is 204 g/mol. The highest BCUT2D eigenvalue weighted by atomic mass is 32.2. The molecule has 15 heavy (non-hydrogen) atoms. The third-order valence-electron chi connectivity index (χ3n) is 2.39. The van der Waals surface area contributed by atoms with Gasteiger partial charge >= 0.3 is 0 Å². The maximum Gasteiger partial charge on any atom is 0.161 e. The fourth-order valence-corrected chi connectivity index (χ4v) is 2.45. The maximum absolute atomic E-state index is 4.51. The lowest BCUT2D eigenvalue weighted by molar-refractivity contribution is 0.865. The topological polar surface area (TPSA) is 24.4 Å². The third-order valence-corrected chi connectivity index (χ3v) is 3.52. The molecule has 0 aliphatic carbocycles. The van der Waals surface area contributed by atoms with Crippen molar-refractivity contribution >= 4 is 22.6 Å². The Hall–Kier alpha value is -0.960. The first kappa shape index (κ1) is 10.6. The number of nitrogens with one attached hydrogen (secondary N) is 1. The number of hydrogen-bond acceptors (Lipinski definition) is 3. The minimum atomic E-state index is 0.451.